The fraction of sp³-hybridized carbons (Fsp3) is 0. The minimum atomic E-state index is 0.579. The minimum Gasteiger partial charge on any atom is -0.456 e. The highest BCUT2D eigenvalue weighted by Gasteiger charge is 2.21. The summed E-state index contributed by atoms with van der Waals surface area (Å²) in [7, 11) is 0. The van der Waals surface area contributed by atoms with Gasteiger partial charge in [0, 0.05) is 43.6 Å². The summed E-state index contributed by atoms with van der Waals surface area (Å²) >= 11 is 0. The Hall–Kier alpha value is -7.11. The zero-order chi connectivity index (χ0) is 34.2. The highest BCUT2D eigenvalue weighted by molar-refractivity contribution is 6.19. The van der Waals surface area contributed by atoms with E-state index in [1.807, 2.05) is 48.5 Å². The van der Waals surface area contributed by atoms with Crippen LogP contribution in [0.15, 0.2) is 173 Å². The van der Waals surface area contributed by atoms with E-state index in [4.69, 9.17) is 23.8 Å². The molecule has 3 aromatic heterocycles. The molecule has 0 amide bonds. The molecule has 0 fully saturated rings. The van der Waals surface area contributed by atoms with Crippen LogP contribution in [0.2, 0.25) is 0 Å². The Morgan fingerprint density at radius 2 is 1.00 bits per heavy atom. The first-order valence-electron chi connectivity index (χ1n) is 17.3. The molecule has 0 aliphatic heterocycles. The van der Waals surface area contributed by atoms with Crippen molar-refractivity contribution in [1.82, 2.24) is 15.0 Å². The second kappa shape index (κ2) is 11.2. The highest BCUT2D eigenvalue weighted by Crippen LogP contribution is 2.42. The zero-order valence-corrected chi connectivity index (χ0v) is 27.7. The molecule has 0 spiro atoms. The first-order valence-corrected chi connectivity index (χ1v) is 17.3. The van der Waals surface area contributed by atoms with E-state index < -0.39 is 0 Å². The van der Waals surface area contributed by atoms with Gasteiger partial charge in [0.05, 0.1) is 0 Å². The summed E-state index contributed by atoms with van der Waals surface area (Å²) in [4.78, 5) is 15.8. The van der Waals surface area contributed by atoms with Crippen molar-refractivity contribution >= 4 is 65.4 Å². The van der Waals surface area contributed by atoms with Crippen LogP contribution in [-0.4, -0.2) is 15.0 Å². The lowest BCUT2D eigenvalue weighted by Crippen LogP contribution is -2.01. The Morgan fingerprint density at radius 3 is 1.87 bits per heavy atom. The second-order valence-electron chi connectivity index (χ2n) is 13.2. The standard InChI is InChI=1S/C47H27N3O2/c1-2-11-28(12-3-1)31-23-24-34-37(26-31)39(27-38-33-15-6-8-18-40(33)52-44(34)38)47-49-45(32-22-21-29-13-4-5-14-30(29)25-32)48-46(50-47)36-17-10-20-42-43(36)35-16-7-9-19-41(35)51-42/h1-27H. The van der Waals surface area contributed by atoms with Crippen LogP contribution < -0.4 is 0 Å². The highest BCUT2D eigenvalue weighted by atomic mass is 16.3. The van der Waals surface area contributed by atoms with Crippen molar-refractivity contribution in [2.24, 2.45) is 0 Å². The average molecular weight is 666 g/mol. The number of aromatic nitrogens is 3. The normalized spacial score (nSPS) is 11.8. The largest absolute Gasteiger partial charge is 0.456 e. The first-order chi connectivity index (χ1) is 25.7. The summed E-state index contributed by atoms with van der Waals surface area (Å²) in [6.07, 6.45) is 0. The Bertz CT molecular complexity index is 3190. The van der Waals surface area contributed by atoms with Crippen LogP contribution in [0.3, 0.4) is 0 Å². The van der Waals surface area contributed by atoms with Crippen molar-refractivity contribution in [3.05, 3.63) is 164 Å². The third-order valence-corrected chi connectivity index (χ3v) is 10.1. The summed E-state index contributed by atoms with van der Waals surface area (Å²) in [6, 6.07) is 56.3. The lowest BCUT2D eigenvalue weighted by atomic mass is 9.95. The van der Waals surface area contributed by atoms with Gasteiger partial charge in [-0.1, -0.05) is 121 Å². The molecule has 52 heavy (non-hydrogen) atoms. The van der Waals surface area contributed by atoms with Gasteiger partial charge >= 0.3 is 0 Å². The lowest BCUT2D eigenvalue weighted by Gasteiger charge is -2.13. The zero-order valence-electron chi connectivity index (χ0n) is 27.7. The number of benzene rings is 8. The van der Waals surface area contributed by atoms with Crippen molar-refractivity contribution in [3.63, 3.8) is 0 Å². The number of fused-ring (bicyclic) bond motifs is 9. The number of para-hydroxylation sites is 2. The van der Waals surface area contributed by atoms with Crippen molar-refractivity contribution in [1.29, 1.82) is 0 Å². The Kier molecular flexibility index (Phi) is 6.18. The van der Waals surface area contributed by atoms with Gasteiger partial charge in [0.15, 0.2) is 17.5 Å². The van der Waals surface area contributed by atoms with Gasteiger partial charge < -0.3 is 8.83 Å². The van der Waals surface area contributed by atoms with Crippen LogP contribution in [0.4, 0.5) is 0 Å². The molecule has 0 N–H and O–H groups in total. The Labute approximate surface area is 297 Å². The molecule has 0 aliphatic carbocycles. The molecule has 3 heterocycles. The molecule has 5 heteroatoms. The summed E-state index contributed by atoms with van der Waals surface area (Å²) in [5.41, 5.74) is 8.24. The van der Waals surface area contributed by atoms with Crippen molar-refractivity contribution < 1.29 is 8.83 Å². The summed E-state index contributed by atoms with van der Waals surface area (Å²) in [5, 5.41) is 8.35. The third kappa shape index (κ3) is 4.46. The molecule has 5 nitrogen and oxygen atoms in total. The fourth-order valence-electron chi connectivity index (χ4n) is 7.63. The number of nitrogens with zero attached hydrogens (tertiary/aromatic N) is 3. The van der Waals surface area contributed by atoms with E-state index in [1.54, 1.807) is 0 Å². The van der Waals surface area contributed by atoms with Crippen LogP contribution >= 0.6 is 0 Å². The van der Waals surface area contributed by atoms with Gasteiger partial charge in [-0.25, -0.2) is 15.0 Å². The van der Waals surface area contributed by atoms with Crippen molar-refractivity contribution in [3.8, 4) is 45.3 Å². The molecule has 11 aromatic rings. The number of hydrogen-bond donors (Lipinski definition) is 0. The SMILES string of the molecule is c1ccc(-c2ccc3c(c2)c(-c2nc(-c4ccc5ccccc5c4)nc(-c4cccc5oc6ccccc6c45)n2)cc2c4ccccc4oc32)cc1. The molecular weight excluding hydrogens is 639 g/mol. The monoisotopic (exact) mass is 665 g/mol. The van der Waals surface area contributed by atoms with E-state index in [1.165, 1.54) is 0 Å². The summed E-state index contributed by atoms with van der Waals surface area (Å²) in [6.45, 7) is 0. The molecule has 8 aromatic carbocycles. The number of hydrogen-bond acceptors (Lipinski definition) is 5. The third-order valence-electron chi connectivity index (χ3n) is 10.1. The van der Waals surface area contributed by atoms with Crippen LogP contribution in [0, 0.1) is 0 Å². The minimum absolute atomic E-state index is 0.579. The van der Waals surface area contributed by atoms with E-state index in [0.717, 1.165) is 93.2 Å². The molecule has 0 atom stereocenters. The Morgan fingerprint density at radius 1 is 0.327 bits per heavy atom. The molecule has 0 saturated heterocycles. The predicted octanol–water partition coefficient (Wildman–Crippen LogP) is 12.6. The molecule has 0 unspecified atom stereocenters. The molecule has 242 valence electrons. The fourth-order valence-corrected chi connectivity index (χ4v) is 7.63. The Balaban J connectivity index is 1.25. The van der Waals surface area contributed by atoms with Gasteiger partial charge in [-0.05, 0) is 69.8 Å². The molecule has 0 saturated carbocycles. The quantitative estimate of drug-likeness (QED) is 0.187. The van der Waals surface area contributed by atoms with E-state index in [0.29, 0.717) is 17.5 Å². The molecule has 0 radical (unpaired) electrons. The van der Waals surface area contributed by atoms with Crippen LogP contribution in [0.1, 0.15) is 0 Å². The van der Waals surface area contributed by atoms with E-state index >= 15 is 0 Å². The predicted molar refractivity (Wildman–Crippen MR) is 211 cm³/mol. The maximum Gasteiger partial charge on any atom is 0.164 e. The van der Waals surface area contributed by atoms with Gasteiger partial charge in [0.25, 0.3) is 0 Å². The van der Waals surface area contributed by atoms with Gasteiger partial charge in [-0.3, -0.25) is 0 Å². The van der Waals surface area contributed by atoms with E-state index in [2.05, 4.69) is 115 Å². The first kappa shape index (κ1) is 28.7. The smallest absolute Gasteiger partial charge is 0.164 e. The topological polar surface area (TPSA) is 65.0 Å². The van der Waals surface area contributed by atoms with Crippen LogP contribution in [0.25, 0.3) is 111 Å². The maximum absolute atomic E-state index is 6.55. The lowest BCUT2D eigenvalue weighted by molar-refractivity contribution is 0.669. The maximum atomic E-state index is 6.55. The average Bonchev–Trinajstić information content (AvgIpc) is 3.79. The van der Waals surface area contributed by atoms with Gasteiger partial charge in [-0.15, -0.1) is 0 Å². The molecular formula is C47H27N3O2. The van der Waals surface area contributed by atoms with E-state index in [9.17, 15) is 0 Å². The van der Waals surface area contributed by atoms with Crippen molar-refractivity contribution in [2.45, 2.75) is 0 Å². The van der Waals surface area contributed by atoms with Crippen molar-refractivity contribution in [2.75, 3.05) is 0 Å². The summed E-state index contributed by atoms with van der Waals surface area (Å²) < 4.78 is 12.8. The van der Waals surface area contributed by atoms with Gasteiger partial charge in [0.2, 0.25) is 0 Å². The summed E-state index contributed by atoms with van der Waals surface area (Å²) in [5.74, 6) is 1.76. The molecule has 11 rings (SSSR count). The number of furan rings is 2. The second-order valence-corrected chi connectivity index (χ2v) is 13.2. The van der Waals surface area contributed by atoms with Crippen LogP contribution in [0.5, 0.6) is 0 Å². The van der Waals surface area contributed by atoms with Crippen LogP contribution in [-0.2, 0) is 0 Å². The molecule has 0 bridgehead atoms. The van der Waals surface area contributed by atoms with Gasteiger partial charge in [-0.2, -0.15) is 0 Å². The van der Waals surface area contributed by atoms with Gasteiger partial charge in [0.1, 0.15) is 22.3 Å². The van der Waals surface area contributed by atoms with E-state index in [-0.39, 0.29) is 0 Å². The number of rotatable bonds is 4. The molecule has 0 aliphatic rings.